The molecule has 0 amide bonds. The van der Waals surface area contributed by atoms with Crippen molar-refractivity contribution in [2.24, 2.45) is 5.73 Å². The van der Waals surface area contributed by atoms with Crippen LogP contribution < -0.4 is 10.5 Å². The number of fused-ring (bicyclic) bond motifs is 1. The number of ether oxygens (including phenoxy) is 1. The average Bonchev–Trinajstić information content (AvgIpc) is 3.27. The lowest BCUT2D eigenvalue weighted by atomic mass is 10.1. The fraction of sp³-hybridized carbons (Fsp3) is 0.357. The SMILES string of the molecule is COc1cnc(-c2cn(CCCN)c3ccc(CN4CCN(Cc5ccccc5Cl)CC4)cc23)nc1. The van der Waals surface area contributed by atoms with Gasteiger partial charge >= 0.3 is 0 Å². The molecule has 4 aromatic rings. The van der Waals surface area contributed by atoms with Gasteiger partial charge in [0, 0.05) is 73.5 Å². The monoisotopic (exact) mass is 504 g/mol. The van der Waals surface area contributed by atoms with Gasteiger partial charge in [0.2, 0.25) is 0 Å². The van der Waals surface area contributed by atoms with Crippen LogP contribution in [-0.2, 0) is 19.6 Å². The second kappa shape index (κ2) is 11.4. The van der Waals surface area contributed by atoms with Gasteiger partial charge in [0.25, 0.3) is 0 Å². The molecular formula is C28H33ClN6O. The van der Waals surface area contributed by atoms with Crippen molar-refractivity contribution < 1.29 is 4.74 Å². The van der Waals surface area contributed by atoms with E-state index < -0.39 is 0 Å². The first-order valence-corrected chi connectivity index (χ1v) is 12.9. The highest BCUT2D eigenvalue weighted by molar-refractivity contribution is 6.31. The van der Waals surface area contributed by atoms with Crippen molar-refractivity contribution in [3.05, 3.63) is 77.2 Å². The zero-order chi connectivity index (χ0) is 24.9. The van der Waals surface area contributed by atoms with Crippen LogP contribution in [0.15, 0.2) is 61.1 Å². The molecule has 0 atom stereocenters. The number of aromatic nitrogens is 3. The number of hydrogen-bond acceptors (Lipinski definition) is 6. The summed E-state index contributed by atoms with van der Waals surface area (Å²) < 4.78 is 7.51. The minimum atomic E-state index is 0.653. The number of aryl methyl sites for hydroxylation is 1. The summed E-state index contributed by atoms with van der Waals surface area (Å²) in [5.74, 6) is 1.36. The minimum Gasteiger partial charge on any atom is -0.494 e. The molecule has 2 N–H and O–H groups in total. The van der Waals surface area contributed by atoms with E-state index in [4.69, 9.17) is 22.1 Å². The van der Waals surface area contributed by atoms with Crippen molar-refractivity contribution >= 4 is 22.5 Å². The Bertz CT molecular complexity index is 1300. The fourth-order valence-corrected chi connectivity index (χ4v) is 5.05. The third-order valence-corrected chi connectivity index (χ3v) is 7.25. The number of piperazine rings is 1. The number of rotatable bonds is 9. The van der Waals surface area contributed by atoms with E-state index in [9.17, 15) is 0 Å². The van der Waals surface area contributed by atoms with Crippen LogP contribution in [-0.4, -0.2) is 64.2 Å². The van der Waals surface area contributed by atoms with E-state index in [-0.39, 0.29) is 0 Å². The molecule has 2 aromatic heterocycles. The molecule has 0 saturated carbocycles. The lowest BCUT2D eigenvalue weighted by molar-refractivity contribution is 0.122. The van der Waals surface area contributed by atoms with Crippen LogP contribution in [0.1, 0.15) is 17.5 Å². The van der Waals surface area contributed by atoms with Gasteiger partial charge in [0.05, 0.1) is 19.5 Å². The van der Waals surface area contributed by atoms with Crippen LogP contribution in [0.2, 0.25) is 5.02 Å². The Morgan fingerprint density at radius 2 is 1.69 bits per heavy atom. The molecule has 8 heteroatoms. The number of hydrogen-bond donors (Lipinski definition) is 1. The molecule has 1 fully saturated rings. The van der Waals surface area contributed by atoms with E-state index in [2.05, 4.69) is 60.9 Å². The Morgan fingerprint density at radius 3 is 2.39 bits per heavy atom. The quantitative estimate of drug-likeness (QED) is 0.363. The maximum Gasteiger partial charge on any atom is 0.161 e. The van der Waals surface area contributed by atoms with Crippen LogP contribution in [0, 0.1) is 0 Å². The predicted octanol–water partition coefficient (Wildman–Crippen LogP) is 4.43. The van der Waals surface area contributed by atoms with Gasteiger partial charge < -0.3 is 15.0 Å². The molecule has 188 valence electrons. The predicted molar refractivity (Wildman–Crippen MR) is 145 cm³/mol. The molecule has 5 rings (SSSR count). The van der Waals surface area contributed by atoms with Gasteiger partial charge in [-0.1, -0.05) is 35.9 Å². The highest BCUT2D eigenvalue weighted by Crippen LogP contribution is 2.30. The summed E-state index contributed by atoms with van der Waals surface area (Å²) >= 11 is 6.37. The van der Waals surface area contributed by atoms with E-state index in [0.29, 0.717) is 18.1 Å². The molecule has 3 heterocycles. The van der Waals surface area contributed by atoms with Crippen molar-refractivity contribution in [3.8, 4) is 17.1 Å². The van der Waals surface area contributed by atoms with Crippen molar-refractivity contribution in [2.45, 2.75) is 26.1 Å². The number of benzene rings is 2. The van der Waals surface area contributed by atoms with Crippen LogP contribution in [0.3, 0.4) is 0 Å². The highest BCUT2D eigenvalue weighted by atomic mass is 35.5. The Kier molecular flexibility index (Phi) is 7.82. The van der Waals surface area contributed by atoms with E-state index in [1.165, 1.54) is 22.0 Å². The normalized spacial score (nSPS) is 15.0. The third kappa shape index (κ3) is 5.55. The van der Waals surface area contributed by atoms with Crippen molar-refractivity contribution in [2.75, 3.05) is 39.8 Å². The Morgan fingerprint density at radius 1 is 0.972 bits per heavy atom. The highest BCUT2D eigenvalue weighted by Gasteiger charge is 2.19. The van der Waals surface area contributed by atoms with Crippen molar-refractivity contribution in [1.82, 2.24) is 24.3 Å². The zero-order valence-corrected chi connectivity index (χ0v) is 21.5. The maximum atomic E-state index is 6.37. The van der Waals surface area contributed by atoms with E-state index >= 15 is 0 Å². The Labute approximate surface area is 217 Å². The summed E-state index contributed by atoms with van der Waals surface area (Å²) in [4.78, 5) is 14.1. The third-order valence-electron chi connectivity index (χ3n) is 6.88. The van der Waals surface area contributed by atoms with Gasteiger partial charge in [0.1, 0.15) is 0 Å². The van der Waals surface area contributed by atoms with E-state index in [0.717, 1.165) is 62.8 Å². The smallest absolute Gasteiger partial charge is 0.161 e. The van der Waals surface area contributed by atoms with Crippen molar-refractivity contribution in [3.63, 3.8) is 0 Å². The van der Waals surface area contributed by atoms with Gasteiger partial charge in [0.15, 0.2) is 11.6 Å². The topological polar surface area (TPSA) is 72.4 Å². The van der Waals surface area contributed by atoms with E-state index in [1.54, 1.807) is 19.5 Å². The number of methoxy groups -OCH3 is 1. The van der Waals surface area contributed by atoms with Crippen molar-refractivity contribution in [1.29, 1.82) is 0 Å². The summed E-state index contributed by atoms with van der Waals surface area (Å²) in [6.07, 6.45) is 6.51. The zero-order valence-electron chi connectivity index (χ0n) is 20.7. The lowest BCUT2D eigenvalue weighted by Gasteiger charge is -2.35. The molecule has 0 unspecified atom stereocenters. The van der Waals surface area contributed by atoms with Crippen LogP contribution in [0.25, 0.3) is 22.3 Å². The van der Waals surface area contributed by atoms with Gasteiger partial charge in [-0.3, -0.25) is 9.80 Å². The molecule has 36 heavy (non-hydrogen) atoms. The largest absolute Gasteiger partial charge is 0.494 e. The minimum absolute atomic E-state index is 0.653. The first-order chi connectivity index (χ1) is 17.6. The molecule has 0 radical (unpaired) electrons. The summed E-state index contributed by atoms with van der Waals surface area (Å²) in [6.45, 7) is 7.50. The second-order valence-electron chi connectivity index (χ2n) is 9.32. The maximum absolute atomic E-state index is 6.37. The number of nitrogens with zero attached hydrogens (tertiary/aromatic N) is 5. The molecule has 0 bridgehead atoms. The first-order valence-electron chi connectivity index (χ1n) is 12.5. The molecule has 0 spiro atoms. The number of halogens is 1. The van der Waals surface area contributed by atoms with Gasteiger partial charge in [-0.2, -0.15) is 0 Å². The van der Waals surface area contributed by atoms with E-state index in [1.807, 2.05) is 12.1 Å². The molecule has 1 aliphatic rings. The van der Waals surface area contributed by atoms with Crippen LogP contribution in [0.4, 0.5) is 0 Å². The van der Waals surface area contributed by atoms with Gasteiger partial charge in [-0.05, 0) is 42.3 Å². The molecular weight excluding hydrogens is 472 g/mol. The van der Waals surface area contributed by atoms with Gasteiger partial charge in [-0.15, -0.1) is 0 Å². The van der Waals surface area contributed by atoms with Crippen LogP contribution >= 0.6 is 11.6 Å². The summed E-state index contributed by atoms with van der Waals surface area (Å²) in [6, 6.07) is 14.9. The molecule has 0 aliphatic carbocycles. The average molecular weight is 505 g/mol. The molecule has 2 aromatic carbocycles. The van der Waals surface area contributed by atoms with Gasteiger partial charge in [-0.25, -0.2) is 9.97 Å². The Balaban J connectivity index is 1.32. The molecule has 1 saturated heterocycles. The summed E-state index contributed by atoms with van der Waals surface area (Å²) in [5, 5.41) is 2.02. The van der Waals surface area contributed by atoms with Crippen LogP contribution in [0.5, 0.6) is 5.75 Å². The molecule has 1 aliphatic heterocycles. The molecule has 7 nitrogen and oxygen atoms in total. The fourth-order valence-electron chi connectivity index (χ4n) is 4.86. The summed E-state index contributed by atoms with van der Waals surface area (Å²) in [7, 11) is 1.62. The number of nitrogens with two attached hydrogens (primary N) is 1. The Hall–Kier alpha value is -2.97. The second-order valence-corrected chi connectivity index (χ2v) is 9.73. The standard InChI is InChI=1S/C28H33ClN6O/c1-36-23-16-31-28(32-17-23)25-20-35(10-4-9-30)27-8-7-21(15-24(25)27)18-33-11-13-34(14-12-33)19-22-5-2-3-6-26(22)29/h2-3,5-8,15-17,20H,4,9-14,18-19,30H2,1H3. The lowest BCUT2D eigenvalue weighted by Crippen LogP contribution is -2.45. The first kappa shape index (κ1) is 24.7. The summed E-state index contributed by atoms with van der Waals surface area (Å²) in [5.41, 5.74) is 10.5.